The molecular weight excluding hydrogens is 360 g/mol. The third-order valence-electron chi connectivity index (χ3n) is 3.28. The predicted octanol–water partition coefficient (Wildman–Crippen LogP) is 5.59. The van der Waals surface area contributed by atoms with Crippen LogP contribution in [0.3, 0.4) is 0 Å². The first-order valence-corrected chi connectivity index (χ1v) is 7.69. The van der Waals surface area contributed by atoms with Gasteiger partial charge in [-0.2, -0.15) is 30.3 Å². The molecule has 0 N–H and O–H groups in total. The standard InChI is InChI=1S/C15H10ClN2.C5H5.Fe/c16-15-17-13(11-6-2-1-3-7-11)10-14(18-15)12-8-4-5-9-12;1-2-4-5-3-1;/h1-10H;1-5H;/q2*-1;+2. The van der Waals surface area contributed by atoms with Crippen molar-refractivity contribution in [3.05, 3.63) is 96.3 Å². The van der Waals surface area contributed by atoms with Gasteiger partial charge in [0.05, 0.1) is 0 Å². The van der Waals surface area contributed by atoms with Crippen LogP contribution < -0.4 is 0 Å². The van der Waals surface area contributed by atoms with E-state index in [2.05, 4.69) is 9.97 Å². The molecule has 0 spiro atoms. The first kappa shape index (κ1) is 18.2. The number of hydrogen-bond acceptors (Lipinski definition) is 2. The number of nitrogens with zero attached hydrogens (tertiary/aromatic N) is 2. The van der Waals surface area contributed by atoms with Crippen LogP contribution in [0.4, 0.5) is 0 Å². The number of benzene rings is 1. The minimum absolute atomic E-state index is 0. The molecule has 120 valence electrons. The van der Waals surface area contributed by atoms with Gasteiger partial charge < -0.3 is 0 Å². The second-order valence-electron chi connectivity index (χ2n) is 4.91. The van der Waals surface area contributed by atoms with Crippen molar-refractivity contribution in [2.45, 2.75) is 0 Å². The summed E-state index contributed by atoms with van der Waals surface area (Å²) in [7, 11) is 0. The number of aromatic nitrogens is 2. The van der Waals surface area contributed by atoms with E-state index < -0.39 is 0 Å². The summed E-state index contributed by atoms with van der Waals surface area (Å²) in [5.74, 6) is 0. The molecule has 0 aliphatic carbocycles. The Hall–Kier alpha value is -2.19. The van der Waals surface area contributed by atoms with Crippen LogP contribution in [0.5, 0.6) is 0 Å². The molecule has 0 bridgehead atoms. The minimum atomic E-state index is 0. The summed E-state index contributed by atoms with van der Waals surface area (Å²) in [6.07, 6.45) is 0. The Balaban J connectivity index is 0.000000300. The van der Waals surface area contributed by atoms with Gasteiger partial charge in [0.15, 0.2) is 0 Å². The summed E-state index contributed by atoms with van der Waals surface area (Å²) < 4.78 is 0. The van der Waals surface area contributed by atoms with Crippen LogP contribution >= 0.6 is 11.6 Å². The quantitative estimate of drug-likeness (QED) is 0.260. The van der Waals surface area contributed by atoms with E-state index in [9.17, 15) is 0 Å². The first-order chi connectivity index (χ1) is 11.3. The molecule has 0 saturated heterocycles. The van der Waals surface area contributed by atoms with Crippen LogP contribution in [0.15, 0.2) is 91.0 Å². The molecule has 4 heteroatoms. The van der Waals surface area contributed by atoms with E-state index in [0.717, 1.165) is 22.5 Å². The van der Waals surface area contributed by atoms with E-state index in [-0.39, 0.29) is 22.4 Å². The summed E-state index contributed by atoms with van der Waals surface area (Å²) in [5, 5.41) is 0.271. The van der Waals surface area contributed by atoms with Crippen molar-refractivity contribution in [3.63, 3.8) is 0 Å². The smallest absolute Gasteiger partial charge is 0.238 e. The van der Waals surface area contributed by atoms with E-state index in [0.29, 0.717) is 0 Å². The van der Waals surface area contributed by atoms with Gasteiger partial charge in [0.1, 0.15) is 0 Å². The number of rotatable bonds is 2. The van der Waals surface area contributed by atoms with Gasteiger partial charge in [-0.05, 0) is 22.9 Å². The molecule has 0 amide bonds. The van der Waals surface area contributed by atoms with Gasteiger partial charge in [0, 0.05) is 5.69 Å². The van der Waals surface area contributed by atoms with Gasteiger partial charge in [-0.1, -0.05) is 42.0 Å². The monoisotopic (exact) mass is 374 g/mol. The molecule has 4 aromatic rings. The zero-order chi connectivity index (χ0) is 15.9. The summed E-state index contributed by atoms with van der Waals surface area (Å²) in [4.78, 5) is 8.52. The second-order valence-corrected chi connectivity index (χ2v) is 5.25. The van der Waals surface area contributed by atoms with E-state index in [4.69, 9.17) is 11.6 Å². The maximum atomic E-state index is 5.99. The molecule has 1 aromatic heterocycles. The number of hydrogen-bond donors (Lipinski definition) is 0. The second kappa shape index (κ2) is 9.19. The number of halogens is 1. The van der Waals surface area contributed by atoms with Gasteiger partial charge >= 0.3 is 17.1 Å². The molecule has 2 nitrogen and oxygen atoms in total. The van der Waals surface area contributed by atoms with Crippen molar-refractivity contribution in [1.82, 2.24) is 9.97 Å². The maximum absolute atomic E-state index is 5.99. The predicted molar refractivity (Wildman–Crippen MR) is 95.5 cm³/mol. The van der Waals surface area contributed by atoms with E-state index in [1.165, 1.54) is 0 Å². The normalized spacial score (nSPS) is 9.54. The Bertz CT molecular complexity index is 808. The largest absolute Gasteiger partial charge is 2.00 e. The van der Waals surface area contributed by atoms with Crippen molar-refractivity contribution in [1.29, 1.82) is 0 Å². The van der Waals surface area contributed by atoms with Crippen LogP contribution in [-0.2, 0) is 17.1 Å². The van der Waals surface area contributed by atoms with Crippen molar-refractivity contribution in [2.24, 2.45) is 0 Å². The van der Waals surface area contributed by atoms with Gasteiger partial charge in [0.25, 0.3) is 0 Å². The molecule has 1 heterocycles. The van der Waals surface area contributed by atoms with Crippen LogP contribution in [0.25, 0.3) is 22.5 Å². The molecule has 3 aromatic carbocycles. The zero-order valence-electron chi connectivity index (χ0n) is 12.8. The molecule has 0 radical (unpaired) electrons. The Morgan fingerprint density at radius 1 is 0.833 bits per heavy atom. The van der Waals surface area contributed by atoms with Crippen molar-refractivity contribution in [3.8, 4) is 22.5 Å². The van der Waals surface area contributed by atoms with Gasteiger partial charge in [-0.25, -0.2) is 22.1 Å². The Morgan fingerprint density at radius 3 is 2.08 bits per heavy atom. The zero-order valence-corrected chi connectivity index (χ0v) is 14.6. The van der Waals surface area contributed by atoms with Crippen LogP contribution in [0.1, 0.15) is 0 Å². The summed E-state index contributed by atoms with van der Waals surface area (Å²) >= 11 is 5.99. The summed E-state index contributed by atoms with van der Waals surface area (Å²) in [6, 6.07) is 29.9. The van der Waals surface area contributed by atoms with Crippen LogP contribution in [0, 0.1) is 0 Å². The molecule has 0 saturated carbocycles. The van der Waals surface area contributed by atoms with Gasteiger partial charge in [-0.15, -0.1) is 12.1 Å². The van der Waals surface area contributed by atoms with Gasteiger partial charge in [0.2, 0.25) is 5.28 Å². The molecule has 0 fully saturated rings. The molecule has 0 unspecified atom stereocenters. The Kier molecular flexibility index (Phi) is 6.95. The first-order valence-electron chi connectivity index (χ1n) is 7.32. The third kappa shape index (κ3) is 4.90. The average molecular weight is 375 g/mol. The topological polar surface area (TPSA) is 25.8 Å². The van der Waals surface area contributed by atoms with Crippen molar-refractivity contribution in [2.75, 3.05) is 0 Å². The van der Waals surface area contributed by atoms with Crippen LogP contribution in [-0.4, -0.2) is 9.97 Å². The van der Waals surface area contributed by atoms with E-state index in [1.807, 2.05) is 91.0 Å². The van der Waals surface area contributed by atoms with Crippen molar-refractivity contribution >= 4 is 11.6 Å². The molecule has 4 rings (SSSR count). The fourth-order valence-corrected chi connectivity index (χ4v) is 2.37. The Morgan fingerprint density at radius 2 is 1.50 bits per heavy atom. The third-order valence-corrected chi connectivity index (χ3v) is 3.45. The average Bonchev–Trinajstić information content (AvgIpc) is 3.31. The fraction of sp³-hybridized carbons (Fsp3) is 0. The fourth-order valence-electron chi connectivity index (χ4n) is 2.19. The van der Waals surface area contributed by atoms with Crippen LogP contribution in [0.2, 0.25) is 5.28 Å². The summed E-state index contributed by atoms with van der Waals surface area (Å²) in [6.45, 7) is 0. The Labute approximate surface area is 157 Å². The molecule has 0 atom stereocenters. The molecular formula is C20H15ClFeN2. The minimum Gasteiger partial charge on any atom is -0.238 e. The van der Waals surface area contributed by atoms with E-state index >= 15 is 0 Å². The van der Waals surface area contributed by atoms with Crippen molar-refractivity contribution < 1.29 is 17.1 Å². The summed E-state index contributed by atoms with van der Waals surface area (Å²) in [5.41, 5.74) is 3.77. The maximum Gasteiger partial charge on any atom is 2.00 e. The van der Waals surface area contributed by atoms with E-state index in [1.54, 1.807) is 0 Å². The van der Waals surface area contributed by atoms with Gasteiger partial charge in [-0.3, -0.25) is 0 Å². The molecule has 0 aliphatic heterocycles. The molecule has 24 heavy (non-hydrogen) atoms. The molecule has 0 aliphatic rings. The SMILES string of the molecule is Clc1nc(-c2ccccc2)cc(-[c-]2cccc2)n1.[Fe+2].c1cc[cH-]c1.